The smallest absolute Gasteiger partial charge is 0.349 e. The molecule has 1 fully saturated rings. The van der Waals surface area contributed by atoms with Gasteiger partial charge in [-0.2, -0.15) is 4.98 Å². The maximum atomic E-state index is 13.8. The maximum absolute atomic E-state index is 13.8. The Bertz CT molecular complexity index is 505. The molecule has 1 aromatic heterocycles. The van der Waals surface area contributed by atoms with Crippen molar-refractivity contribution in [3.63, 3.8) is 0 Å². The molecular formula is C10H13F2N3O3. The standard InChI is InChI=1S/C10H13F2N3O3/c11-10(12)6(3-5(4-16)8(10)17)15-2-1-7(13)14-9(15)18/h1-2,5-6,8,16-17H,3-4H2,(H2,13,14,18)/t5?,6-,8-/m1/s1. The van der Waals surface area contributed by atoms with Gasteiger partial charge in [0.2, 0.25) is 0 Å². The van der Waals surface area contributed by atoms with Gasteiger partial charge in [0.05, 0.1) is 0 Å². The van der Waals surface area contributed by atoms with E-state index in [4.69, 9.17) is 10.8 Å². The number of anilines is 1. The van der Waals surface area contributed by atoms with Crippen LogP contribution < -0.4 is 11.4 Å². The zero-order chi connectivity index (χ0) is 13.5. The first kappa shape index (κ1) is 12.9. The first-order valence-electron chi connectivity index (χ1n) is 5.39. The van der Waals surface area contributed by atoms with Crippen LogP contribution in [0.25, 0.3) is 0 Å². The molecule has 0 bridgehead atoms. The molecule has 2 rings (SSSR count). The van der Waals surface area contributed by atoms with Crippen LogP contribution >= 0.6 is 0 Å². The molecule has 1 aliphatic rings. The number of alkyl halides is 2. The van der Waals surface area contributed by atoms with E-state index in [0.29, 0.717) is 0 Å². The molecule has 0 spiro atoms. The summed E-state index contributed by atoms with van der Waals surface area (Å²) in [6, 6.07) is -0.291. The summed E-state index contributed by atoms with van der Waals surface area (Å²) in [6.45, 7) is -0.565. The van der Waals surface area contributed by atoms with Gasteiger partial charge in [0.25, 0.3) is 5.92 Å². The fraction of sp³-hybridized carbons (Fsp3) is 0.600. The van der Waals surface area contributed by atoms with E-state index in [2.05, 4.69) is 4.98 Å². The van der Waals surface area contributed by atoms with Gasteiger partial charge in [-0.05, 0) is 12.5 Å². The molecule has 8 heteroatoms. The summed E-state index contributed by atoms with van der Waals surface area (Å²) < 4.78 is 28.4. The Balaban J connectivity index is 2.42. The third kappa shape index (κ3) is 1.87. The molecule has 18 heavy (non-hydrogen) atoms. The first-order chi connectivity index (χ1) is 8.37. The highest BCUT2D eigenvalue weighted by Crippen LogP contribution is 2.46. The van der Waals surface area contributed by atoms with Crippen LogP contribution in [-0.2, 0) is 0 Å². The Morgan fingerprint density at radius 1 is 1.61 bits per heavy atom. The number of halogens is 2. The Hall–Kier alpha value is -1.54. The van der Waals surface area contributed by atoms with Crippen LogP contribution in [0.2, 0.25) is 0 Å². The van der Waals surface area contributed by atoms with Crippen molar-refractivity contribution in [2.24, 2.45) is 5.92 Å². The lowest BCUT2D eigenvalue weighted by Crippen LogP contribution is -2.40. The van der Waals surface area contributed by atoms with Gasteiger partial charge in [-0.15, -0.1) is 0 Å². The van der Waals surface area contributed by atoms with Crippen molar-refractivity contribution in [1.29, 1.82) is 0 Å². The van der Waals surface area contributed by atoms with E-state index in [1.165, 1.54) is 6.07 Å². The molecule has 0 radical (unpaired) electrons. The third-order valence-corrected chi connectivity index (χ3v) is 3.23. The fourth-order valence-electron chi connectivity index (χ4n) is 2.22. The Kier molecular flexibility index (Phi) is 3.07. The predicted molar refractivity (Wildman–Crippen MR) is 58.1 cm³/mol. The van der Waals surface area contributed by atoms with Gasteiger partial charge in [-0.25, -0.2) is 13.6 Å². The Morgan fingerprint density at radius 3 is 2.78 bits per heavy atom. The van der Waals surface area contributed by atoms with E-state index in [1.807, 2.05) is 0 Å². The molecule has 1 heterocycles. The largest absolute Gasteiger partial charge is 0.396 e. The molecule has 100 valence electrons. The summed E-state index contributed by atoms with van der Waals surface area (Å²) in [5.74, 6) is -4.51. The molecule has 0 amide bonds. The number of nitrogens with zero attached hydrogens (tertiary/aromatic N) is 2. The van der Waals surface area contributed by atoms with Crippen LogP contribution in [0.1, 0.15) is 12.5 Å². The third-order valence-electron chi connectivity index (χ3n) is 3.23. The van der Waals surface area contributed by atoms with Gasteiger partial charge in [0.1, 0.15) is 18.0 Å². The SMILES string of the molecule is Nc1ccn([C@@H]2CC(CO)[C@@H](O)C2(F)F)c(=O)n1. The number of hydrogen-bond acceptors (Lipinski definition) is 5. The highest BCUT2D eigenvalue weighted by Gasteiger charge is 2.57. The Morgan fingerprint density at radius 2 is 2.28 bits per heavy atom. The van der Waals surface area contributed by atoms with Gasteiger partial charge >= 0.3 is 5.69 Å². The van der Waals surface area contributed by atoms with E-state index in [0.717, 1.165) is 10.8 Å². The maximum Gasteiger partial charge on any atom is 0.349 e. The molecule has 4 N–H and O–H groups in total. The number of nitrogens with two attached hydrogens (primary N) is 1. The monoisotopic (exact) mass is 261 g/mol. The van der Waals surface area contributed by atoms with Crippen LogP contribution in [0, 0.1) is 5.92 Å². The van der Waals surface area contributed by atoms with Gasteiger partial charge < -0.3 is 15.9 Å². The molecular weight excluding hydrogens is 248 g/mol. The zero-order valence-electron chi connectivity index (χ0n) is 9.33. The number of hydrogen-bond donors (Lipinski definition) is 3. The van der Waals surface area contributed by atoms with Crippen molar-refractivity contribution in [3.8, 4) is 0 Å². The zero-order valence-corrected chi connectivity index (χ0v) is 9.33. The summed E-state index contributed by atoms with van der Waals surface area (Å²) in [5, 5.41) is 18.4. The predicted octanol–water partition coefficient (Wildman–Crippen LogP) is -0.625. The molecule has 0 aromatic carbocycles. The molecule has 1 aliphatic carbocycles. The summed E-state index contributed by atoms with van der Waals surface area (Å²) in [4.78, 5) is 14.9. The van der Waals surface area contributed by atoms with Crippen molar-refractivity contribution >= 4 is 5.82 Å². The van der Waals surface area contributed by atoms with E-state index in [9.17, 15) is 18.7 Å². The van der Waals surface area contributed by atoms with E-state index in [-0.39, 0.29) is 12.2 Å². The number of aromatic nitrogens is 2. The summed E-state index contributed by atoms with van der Waals surface area (Å²) in [6.07, 6.45) is -1.05. The molecule has 0 saturated heterocycles. The average molecular weight is 261 g/mol. The van der Waals surface area contributed by atoms with Gasteiger partial charge in [-0.3, -0.25) is 4.57 Å². The number of aliphatic hydroxyl groups excluding tert-OH is 2. The minimum atomic E-state index is -3.49. The van der Waals surface area contributed by atoms with Crippen LogP contribution in [0.4, 0.5) is 14.6 Å². The highest BCUT2D eigenvalue weighted by atomic mass is 19.3. The highest BCUT2D eigenvalue weighted by molar-refractivity contribution is 5.24. The quantitative estimate of drug-likeness (QED) is 0.658. The van der Waals surface area contributed by atoms with Gasteiger partial charge in [-0.1, -0.05) is 0 Å². The van der Waals surface area contributed by atoms with Crippen molar-refractivity contribution < 1.29 is 19.0 Å². The summed E-state index contributed by atoms with van der Waals surface area (Å²) in [5.41, 5.74) is 4.38. The first-order valence-corrected chi connectivity index (χ1v) is 5.39. The van der Waals surface area contributed by atoms with Gasteiger partial charge in [0, 0.05) is 18.7 Å². The molecule has 1 saturated carbocycles. The van der Waals surface area contributed by atoms with E-state index >= 15 is 0 Å². The van der Waals surface area contributed by atoms with Crippen LogP contribution in [-0.4, -0.2) is 38.4 Å². The fourth-order valence-corrected chi connectivity index (χ4v) is 2.22. The van der Waals surface area contributed by atoms with E-state index in [1.54, 1.807) is 0 Å². The van der Waals surface area contributed by atoms with Crippen molar-refractivity contribution in [1.82, 2.24) is 9.55 Å². The number of rotatable bonds is 2. The van der Waals surface area contributed by atoms with Crippen LogP contribution in [0.15, 0.2) is 17.1 Å². The molecule has 3 atom stereocenters. The second-order valence-electron chi connectivity index (χ2n) is 4.36. The average Bonchev–Trinajstić information content (AvgIpc) is 2.52. The Labute approximate surface area is 101 Å². The molecule has 0 aliphatic heterocycles. The number of nitrogen functional groups attached to an aromatic ring is 1. The van der Waals surface area contributed by atoms with E-state index < -0.39 is 36.3 Å². The normalized spacial score (nSPS) is 30.6. The molecule has 6 nitrogen and oxygen atoms in total. The lowest BCUT2D eigenvalue weighted by Gasteiger charge is -2.23. The lowest BCUT2D eigenvalue weighted by molar-refractivity contribution is -0.123. The summed E-state index contributed by atoms with van der Waals surface area (Å²) in [7, 11) is 0. The van der Waals surface area contributed by atoms with Crippen LogP contribution in [0.3, 0.4) is 0 Å². The van der Waals surface area contributed by atoms with Crippen molar-refractivity contribution in [2.75, 3.05) is 12.3 Å². The minimum absolute atomic E-state index is 0.0585. The summed E-state index contributed by atoms with van der Waals surface area (Å²) >= 11 is 0. The second-order valence-corrected chi connectivity index (χ2v) is 4.36. The van der Waals surface area contributed by atoms with Gasteiger partial charge in [0.15, 0.2) is 0 Å². The number of aliphatic hydroxyl groups is 2. The van der Waals surface area contributed by atoms with Crippen molar-refractivity contribution in [3.05, 3.63) is 22.7 Å². The van der Waals surface area contributed by atoms with Crippen molar-refractivity contribution in [2.45, 2.75) is 24.5 Å². The van der Waals surface area contributed by atoms with Crippen LogP contribution in [0.5, 0.6) is 0 Å². The lowest BCUT2D eigenvalue weighted by atomic mass is 10.1. The minimum Gasteiger partial charge on any atom is -0.396 e. The second kappa shape index (κ2) is 4.29. The molecule has 1 aromatic rings. The molecule has 1 unspecified atom stereocenters. The topological polar surface area (TPSA) is 101 Å².